The molecule has 1 aliphatic heterocycles. The molecule has 1 fully saturated rings. The van der Waals surface area contributed by atoms with Crippen LogP contribution in [-0.2, 0) is 16.1 Å². The summed E-state index contributed by atoms with van der Waals surface area (Å²) in [4.78, 5) is 32.4. The predicted octanol–water partition coefficient (Wildman–Crippen LogP) is 4.08. The van der Waals surface area contributed by atoms with E-state index in [1.165, 1.54) is 16.2 Å². The number of thiophene rings is 1. The molecule has 2 aromatic heterocycles. The zero-order chi connectivity index (χ0) is 21.3. The number of hydrogen-bond acceptors (Lipinski definition) is 6. The highest BCUT2D eigenvalue weighted by atomic mass is 32.1. The van der Waals surface area contributed by atoms with E-state index in [1.807, 2.05) is 24.4 Å². The number of hydrogen-bond donors (Lipinski definition) is 1. The van der Waals surface area contributed by atoms with Crippen LogP contribution in [0.25, 0.3) is 5.76 Å². The number of rotatable bonds is 5. The molecule has 4 rings (SSSR count). The molecule has 1 saturated heterocycles. The number of aliphatic hydroxyl groups excluding tert-OH is 1. The second-order valence-corrected chi connectivity index (χ2v) is 8.00. The van der Waals surface area contributed by atoms with Crippen LogP contribution in [-0.4, -0.2) is 33.8 Å². The third kappa shape index (κ3) is 3.48. The summed E-state index contributed by atoms with van der Waals surface area (Å²) in [5.74, 6) is -0.846. The molecule has 1 aromatic carbocycles. The number of methoxy groups -OCH3 is 1. The number of aliphatic hydroxyl groups is 1. The molecule has 1 unspecified atom stereocenters. The van der Waals surface area contributed by atoms with Gasteiger partial charge in [0.1, 0.15) is 11.5 Å². The van der Waals surface area contributed by atoms with E-state index >= 15 is 0 Å². The number of pyridine rings is 1. The van der Waals surface area contributed by atoms with Gasteiger partial charge >= 0.3 is 0 Å². The molecule has 152 valence electrons. The van der Waals surface area contributed by atoms with Crippen molar-refractivity contribution in [1.82, 2.24) is 9.88 Å². The number of nitrogens with zero attached hydrogens (tertiary/aromatic N) is 2. The van der Waals surface area contributed by atoms with Crippen LogP contribution >= 0.6 is 11.3 Å². The van der Waals surface area contributed by atoms with Gasteiger partial charge in [0, 0.05) is 22.8 Å². The van der Waals surface area contributed by atoms with Crippen molar-refractivity contribution in [3.8, 4) is 5.75 Å². The van der Waals surface area contributed by atoms with E-state index in [1.54, 1.807) is 49.8 Å². The van der Waals surface area contributed by atoms with Crippen LogP contribution in [0.5, 0.6) is 5.75 Å². The van der Waals surface area contributed by atoms with E-state index in [4.69, 9.17) is 4.74 Å². The summed E-state index contributed by atoms with van der Waals surface area (Å²) in [6.45, 7) is 2.14. The maximum atomic E-state index is 13.0. The fraction of sp³-hybridized carbons (Fsp3) is 0.174. The van der Waals surface area contributed by atoms with Gasteiger partial charge in [0.05, 0.1) is 25.3 Å². The topological polar surface area (TPSA) is 79.7 Å². The fourth-order valence-corrected chi connectivity index (χ4v) is 4.39. The first kappa shape index (κ1) is 19.8. The molecular weight excluding hydrogens is 400 g/mol. The molecule has 3 aromatic rings. The van der Waals surface area contributed by atoms with E-state index in [0.717, 1.165) is 10.4 Å². The number of carbonyl (C=O) groups is 2. The molecule has 0 aliphatic carbocycles. The van der Waals surface area contributed by atoms with Gasteiger partial charge in [-0.15, -0.1) is 11.3 Å². The van der Waals surface area contributed by atoms with Crippen LogP contribution in [0, 0.1) is 6.92 Å². The van der Waals surface area contributed by atoms with E-state index < -0.39 is 17.7 Å². The number of ketones is 1. The van der Waals surface area contributed by atoms with Crippen LogP contribution in [0.2, 0.25) is 0 Å². The summed E-state index contributed by atoms with van der Waals surface area (Å²) in [6.07, 6.45) is 3.22. The number of aryl methyl sites for hydroxylation is 1. The Morgan fingerprint density at radius 3 is 2.60 bits per heavy atom. The number of carbonyl (C=O) groups excluding carboxylic acids is 2. The molecule has 1 amide bonds. The van der Waals surface area contributed by atoms with Gasteiger partial charge in [-0.1, -0.05) is 6.07 Å². The van der Waals surface area contributed by atoms with E-state index in [9.17, 15) is 14.7 Å². The average molecular weight is 420 g/mol. The molecule has 0 radical (unpaired) electrons. The van der Waals surface area contributed by atoms with Crippen LogP contribution in [0.3, 0.4) is 0 Å². The first-order chi connectivity index (χ1) is 14.5. The number of amides is 1. The van der Waals surface area contributed by atoms with Gasteiger partial charge in [0.25, 0.3) is 11.7 Å². The molecule has 7 heteroatoms. The monoisotopic (exact) mass is 420 g/mol. The number of aromatic nitrogens is 1. The molecular formula is C23H20N2O4S. The highest BCUT2D eigenvalue weighted by Crippen LogP contribution is 2.40. The quantitative estimate of drug-likeness (QED) is 0.382. The van der Waals surface area contributed by atoms with Crippen LogP contribution in [0.15, 0.2) is 65.8 Å². The average Bonchev–Trinajstić information content (AvgIpc) is 3.36. The van der Waals surface area contributed by atoms with Gasteiger partial charge < -0.3 is 14.7 Å². The van der Waals surface area contributed by atoms with Gasteiger partial charge in [0.15, 0.2) is 0 Å². The Hall–Kier alpha value is -3.45. The SMILES string of the molecule is COc1ccc(/C(O)=C2/C(=O)C(=O)N(Cc3cccs3)C2c2ccncc2)cc1C. The van der Waals surface area contributed by atoms with Crippen molar-refractivity contribution in [2.45, 2.75) is 19.5 Å². The first-order valence-electron chi connectivity index (χ1n) is 9.37. The van der Waals surface area contributed by atoms with Crippen LogP contribution in [0.4, 0.5) is 0 Å². The lowest BCUT2D eigenvalue weighted by molar-refractivity contribution is -0.140. The normalized spacial score (nSPS) is 18.1. The lowest BCUT2D eigenvalue weighted by Gasteiger charge is -2.24. The number of benzene rings is 1. The van der Waals surface area contributed by atoms with E-state index in [0.29, 0.717) is 16.9 Å². The minimum Gasteiger partial charge on any atom is -0.507 e. The summed E-state index contributed by atoms with van der Waals surface area (Å²) in [5, 5.41) is 13.0. The van der Waals surface area contributed by atoms with Crippen molar-refractivity contribution in [2.75, 3.05) is 7.11 Å². The van der Waals surface area contributed by atoms with Crippen molar-refractivity contribution >= 4 is 28.8 Å². The summed E-state index contributed by atoms with van der Waals surface area (Å²) in [7, 11) is 1.57. The number of ether oxygens (including phenoxy) is 1. The molecule has 30 heavy (non-hydrogen) atoms. The molecule has 3 heterocycles. The van der Waals surface area contributed by atoms with Crippen LogP contribution < -0.4 is 4.74 Å². The summed E-state index contributed by atoms with van der Waals surface area (Å²) < 4.78 is 5.28. The van der Waals surface area contributed by atoms with Crippen molar-refractivity contribution < 1.29 is 19.4 Å². The largest absolute Gasteiger partial charge is 0.507 e. The highest BCUT2D eigenvalue weighted by Gasteiger charge is 2.46. The highest BCUT2D eigenvalue weighted by molar-refractivity contribution is 7.09. The van der Waals surface area contributed by atoms with E-state index in [-0.39, 0.29) is 17.9 Å². The van der Waals surface area contributed by atoms with Gasteiger partial charge in [-0.25, -0.2) is 0 Å². The molecule has 1 atom stereocenters. The summed E-state index contributed by atoms with van der Waals surface area (Å²) in [5.41, 5.74) is 2.07. The standard InChI is InChI=1S/C23H20N2O4S/c1-14-12-16(5-6-18(14)29-2)21(26)19-20(15-7-9-24-10-8-15)25(23(28)22(19)27)13-17-4-3-11-30-17/h3-12,20,26H,13H2,1-2H3/b21-19-. The van der Waals surface area contributed by atoms with Crippen molar-refractivity contribution in [1.29, 1.82) is 0 Å². The molecule has 1 N–H and O–H groups in total. The Bertz CT molecular complexity index is 1120. The Morgan fingerprint density at radius 2 is 1.97 bits per heavy atom. The molecule has 0 saturated carbocycles. The Kier molecular flexibility index (Phi) is 5.37. The van der Waals surface area contributed by atoms with Gasteiger partial charge in [-0.05, 0) is 59.8 Å². The Labute approximate surface area is 178 Å². The summed E-state index contributed by atoms with van der Waals surface area (Å²) >= 11 is 1.51. The zero-order valence-electron chi connectivity index (χ0n) is 16.5. The first-order valence-corrected chi connectivity index (χ1v) is 10.2. The fourth-order valence-electron chi connectivity index (χ4n) is 3.69. The van der Waals surface area contributed by atoms with Crippen molar-refractivity contribution in [3.05, 3.63) is 87.4 Å². The van der Waals surface area contributed by atoms with E-state index in [2.05, 4.69) is 4.98 Å². The lowest BCUT2D eigenvalue weighted by Crippen LogP contribution is -2.28. The van der Waals surface area contributed by atoms with Gasteiger partial charge in [-0.3, -0.25) is 14.6 Å². The molecule has 0 spiro atoms. The third-order valence-corrected chi connectivity index (χ3v) is 6.00. The summed E-state index contributed by atoms with van der Waals surface area (Å²) in [6, 6.07) is 11.8. The maximum absolute atomic E-state index is 13.0. The molecule has 1 aliphatic rings. The minimum absolute atomic E-state index is 0.0762. The van der Waals surface area contributed by atoms with Gasteiger partial charge in [0.2, 0.25) is 0 Å². The second-order valence-electron chi connectivity index (χ2n) is 6.97. The smallest absolute Gasteiger partial charge is 0.295 e. The predicted molar refractivity (Wildman–Crippen MR) is 114 cm³/mol. The maximum Gasteiger partial charge on any atom is 0.295 e. The number of Topliss-reactive ketones (excluding diaryl/α,β-unsaturated/α-hetero) is 1. The Balaban J connectivity index is 1.85. The molecule has 6 nitrogen and oxygen atoms in total. The zero-order valence-corrected chi connectivity index (χ0v) is 17.3. The van der Waals surface area contributed by atoms with Crippen molar-refractivity contribution in [3.63, 3.8) is 0 Å². The lowest BCUT2D eigenvalue weighted by atomic mass is 9.95. The number of likely N-dealkylation sites (tertiary alicyclic amines) is 1. The third-order valence-electron chi connectivity index (χ3n) is 5.14. The Morgan fingerprint density at radius 1 is 1.20 bits per heavy atom. The molecule has 0 bridgehead atoms. The minimum atomic E-state index is -0.697. The van der Waals surface area contributed by atoms with Gasteiger partial charge in [-0.2, -0.15) is 0 Å². The van der Waals surface area contributed by atoms with Crippen LogP contribution in [0.1, 0.15) is 27.6 Å². The second kappa shape index (κ2) is 8.12. The van der Waals surface area contributed by atoms with Crippen molar-refractivity contribution in [2.24, 2.45) is 0 Å².